The molecule has 0 amide bonds. The first-order valence-corrected chi connectivity index (χ1v) is 9.39. The third-order valence-corrected chi connectivity index (χ3v) is 6.10. The molecule has 3 atom stereocenters. The molecule has 1 saturated carbocycles. The van der Waals surface area contributed by atoms with Gasteiger partial charge in [0.15, 0.2) is 0 Å². The van der Waals surface area contributed by atoms with Gasteiger partial charge in [0, 0.05) is 24.7 Å². The van der Waals surface area contributed by atoms with Crippen molar-refractivity contribution in [2.45, 2.75) is 50.9 Å². The van der Waals surface area contributed by atoms with E-state index in [0.29, 0.717) is 34.6 Å². The van der Waals surface area contributed by atoms with Gasteiger partial charge in [0.25, 0.3) is 0 Å². The Labute approximate surface area is 153 Å². The van der Waals surface area contributed by atoms with Crippen LogP contribution >= 0.6 is 23.2 Å². The first kappa shape index (κ1) is 18.3. The number of aliphatic hydroxyl groups excluding tert-OH is 2. The summed E-state index contributed by atoms with van der Waals surface area (Å²) in [5, 5.41) is 20.6. The number of benzene rings is 1. The van der Waals surface area contributed by atoms with Crippen molar-refractivity contribution in [2.24, 2.45) is 5.92 Å². The molecule has 2 N–H and O–H groups in total. The Bertz CT molecular complexity index is 566. The lowest BCUT2D eigenvalue weighted by atomic mass is 10.0. The quantitative estimate of drug-likeness (QED) is 0.850. The topological polar surface area (TPSA) is 52.9 Å². The monoisotopic (exact) mass is 373 g/mol. The summed E-state index contributed by atoms with van der Waals surface area (Å²) in [7, 11) is 0. The van der Waals surface area contributed by atoms with Gasteiger partial charge in [-0.1, -0.05) is 23.2 Å². The zero-order chi connectivity index (χ0) is 17.3. The van der Waals surface area contributed by atoms with E-state index >= 15 is 0 Å². The van der Waals surface area contributed by atoms with E-state index in [-0.39, 0.29) is 6.10 Å². The second kappa shape index (κ2) is 7.79. The predicted octanol–water partition coefficient (Wildman–Crippen LogP) is 3.28. The maximum absolute atomic E-state index is 9.66. The van der Waals surface area contributed by atoms with Crippen molar-refractivity contribution in [3.8, 4) is 5.75 Å². The molecular weight excluding hydrogens is 349 g/mol. The number of likely N-dealkylation sites (tertiary alicyclic amines) is 1. The average Bonchev–Trinajstić information content (AvgIpc) is 2.87. The molecule has 0 spiro atoms. The minimum absolute atomic E-state index is 0.166. The van der Waals surface area contributed by atoms with Crippen molar-refractivity contribution >= 4 is 23.2 Å². The van der Waals surface area contributed by atoms with Gasteiger partial charge in [-0.3, -0.25) is 0 Å². The lowest BCUT2D eigenvalue weighted by Gasteiger charge is -2.33. The van der Waals surface area contributed by atoms with Crippen molar-refractivity contribution in [2.75, 3.05) is 19.6 Å². The van der Waals surface area contributed by atoms with Crippen molar-refractivity contribution in [3.05, 3.63) is 27.7 Å². The van der Waals surface area contributed by atoms with E-state index < -0.39 is 12.2 Å². The first-order chi connectivity index (χ1) is 11.4. The van der Waals surface area contributed by atoms with Crippen LogP contribution in [0.2, 0.25) is 10.0 Å². The minimum atomic E-state index is -0.550. The van der Waals surface area contributed by atoms with Crippen LogP contribution in [0.3, 0.4) is 0 Å². The number of ether oxygens (including phenoxy) is 1. The second-order valence-corrected chi connectivity index (χ2v) is 7.86. The molecule has 1 heterocycles. The highest BCUT2D eigenvalue weighted by atomic mass is 35.5. The van der Waals surface area contributed by atoms with Gasteiger partial charge in [0.05, 0.1) is 17.2 Å². The Morgan fingerprint density at radius 2 is 1.75 bits per heavy atom. The normalized spacial score (nSPS) is 29.1. The highest BCUT2D eigenvalue weighted by Crippen LogP contribution is 2.34. The van der Waals surface area contributed by atoms with Crippen LogP contribution in [-0.2, 0) is 0 Å². The molecular formula is C18H25Cl2NO3. The van der Waals surface area contributed by atoms with Gasteiger partial charge < -0.3 is 19.8 Å². The number of hydrogen-bond donors (Lipinski definition) is 2. The fourth-order valence-corrected chi connectivity index (χ4v) is 4.14. The highest BCUT2D eigenvalue weighted by Gasteiger charge is 2.33. The number of halogens is 2. The predicted molar refractivity (Wildman–Crippen MR) is 96.0 cm³/mol. The maximum Gasteiger partial charge on any atom is 0.138 e. The lowest BCUT2D eigenvalue weighted by Crippen LogP contribution is -2.40. The number of nitrogens with zero attached hydrogens (tertiary/aromatic N) is 1. The SMILES string of the molecule is Cc1c(Cl)ccc(OC2CCN(CC3C[C@@H](O)[C@@H](O)C3)CC2)c1Cl. The van der Waals surface area contributed by atoms with Gasteiger partial charge in [-0.05, 0) is 56.2 Å². The van der Waals surface area contributed by atoms with Crippen LogP contribution in [-0.4, -0.2) is 53.1 Å². The molecule has 1 aromatic rings. The number of hydrogen-bond acceptors (Lipinski definition) is 4. The lowest BCUT2D eigenvalue weighted by molar-refractivity contribution is 0.0438. The highest BCUT2D eigenvalue weighted by molar-refractivity contribution is 6.36. The van der Waals surface area contributed by atoms with Crippen LogP contribution < -0.4 is 4.74 Å². The minimum Gasteiger partial charge on any atom is -0.489 e. The fourth-order valence-electron chi connectivity index (χ4n) is 3.72. The summed E-state index contributed by atoms with van der Waals surface area (Å²) < 4.78 is 6.08. The van der Waals surface area contributed by atoms with Crippen LogP contribution in [0.4, 0.5) is 0 Å². The van der Waals surface area contributed by atoms with Gasteiger partial charge in [0.2, 0.25) is 0 Å². The summed E-state index contributed by atoms with van der Waals surface area (Å²) in [6.07, 6.45) is 2.39. The number of aliphatic hydroxyl groups is 2. The zero-order valence-corrected chi connectivity index (χ0v) is 15.4. The molecule has 24 heavy (non-hydrogen) atoms. The zero-order valence-electron chi connectivity index (χ0n) is 13.9. The Morgan fingerprint density at radius 1 is 1.12 bits per heavy atom. The average molecular weight is 374 g/mol. The first-order valence-electron chi connectivity index (χ1n) is 8.63. The standard InChI is InChI=1S/C18H25Cl2NO3/c1-11-14(19)2-3-17(18(11)20)24-13-4-6-21(7-5-13)10-12-8-15(22)16(23)9-12/h2-3,12-13,15-16,22-23H,4-10H2,1H3/t12?,15-,16+. The van der Waals surface area contributed by atoms with Crippen LogP contribution in [0.15, 0.2) is 12.1 Å². The number of piperidine rings is 1. The molecule has 2 aliphatic rings. The van der Waals surface area contributed by atoms with Gasteiger partial charge in [-0.15, -0.1) is 0 Å². The van der Waals surface area contributed by atoms with Crippen LogP contribution in [0.5, 0.6) is 5.75 Å². The fraction of sp³-hybridized carbons (Fsp3) is 0.667. The summed E-state index contributed by atoms with van der Waals surface area (Å²) in [6.45, 7) is 4.78. The molecule has 2 fully saturated rings. The molecule has 1 aliphatic heterocycles. The molecule has 0 aromatic heterocycles. The Hall–Kier alpha value is -0.520. The summed E-state index contributed by atoms with van der Waals surface area (Å²) in [5.74, 6) is 1.10. The van der Waals surface area contributed by atoms with Gasteiger partial charge in [-0.25, -0.2) is 0 Å². The molecule has 1 aliphatic carbocycles. The Balaban J connectivity index is 1.48. The Morgan fingerprint density at radius 3 is 2.38 bits per heavy atom. The molecule has 3 rings (SSSR count). The maximum atomic E-state index is 9.66. The van der Waals surface area contributed by atoms with Crippen LogP contribution in [0, 0.1) is 12.8 Å². The Kier molecular flexibility index (Phi) is 5.94. The van der Waals surface area contributed by atoms with E-state index in [0.717, 1.165) is 38.0 Å². The number of rotatable bonds is 4. The van der Waals surface area contributed by atoms with E-state index in [1.54, 1.807) is 0 Å². The van der Waals surface area contributed by atoms with E-state index in [1.165, 1.54) is 0 Å². The van der Waals surface area contributed by atoms with E-state index in [9.17, 15) is 10.2 Å². The largest absolute Gasteiger partial charge is 0.489 e. The molecule has 6 heteroatoms. The van der Waals surface area contributed by atoms with Crippen molar-refractivity contribution in [3.63, 3.8) is 0 Å². The van der Waals surface area contributed by atoms with Gasteiger partial charge in [-0.2, -0.15) is 0 Å². The van der Waals surface area contributed by atoms with Crippen molar-refractivity contribution < 1.29 is 14.9 Å². The summed E-state index contributed by atoms with van der Waals surface area (Å²) in [6, 6.07) is 3.66. The summed E-state index contributed by atoms with van der Waals surface area (Å²) >= 11 is 12.4. The summed E-state index contributed by atoms with van der Waals surface area (Å²) in [4.78, 5) is 2.41. The van der Waals surface area contributed by atoms with Crippen molar-refractivity contribution in [1.82, 2.24) is 4.90 Å². The van der Waals surface area contributed by atoms with Gasteiger partial charge in [0.1, 0.15) is 11.9 Å². The second-order valence-electron chi connectivity index (χ2n) is 7.07. The third kappa shape index (κ3) is 4.17. The molecule has 4 nitrogen and oxygen atoms in total. The van der Waals surface area contributed by atoms with E-state index in [4.69, 9.17) is 27.9 Å². The summed E-state index contributed by atoms with van der Waals surface area (Å²) in [5.41, 5.74) is 0.853. The molecule has 1 saturated heterocycles. The molecule has 0 bridgehead atoms. The smallest absolute Gasteiger partial charge is 0.138 e. The van der Waals surface area contributed by atoms with E-state index in [2.05, 4.69) is 4.90 Å². The molecule has 1 unspecified atom stereocenters. The third-order valence-electron chi connectivity index (χ3n) is 5.22. The van der Waals surface area contributed by atoms with Gasteiger partial charge >= 0.3 is 0 Å². The molecule has 0 radical (unpaired) electrons. The van der Waals surface area contributed by atoms with Crippen LogP contribution in [0.25, 0.3) is 0 Å². The van der Waals surface area contributed by atoms with E-state index in [1.807, 2.05) is 19.1 Å². The molecule has 1 aromatic carbocycles. The molecule has 134 valence electrons. The van der Waals surface area contributed by atoms with Crippen LogP contribution in [0.1, 0.15) is 31.2 Å². The van der Waals surface area contributed by atoms with Crippen molar-refractivity contribution in [1.29, 1.82) is 0 Å².